The van der Waals surface area contributed by atoms with Crippen LogP contribution in [0.5, 0.6) is 0 Å². The van der Waals surface area contributed by atoms with Gasteiger partial charge in [0.2, 0.25) is 5.91 Å². The van der Waals surface area contributed by atoms with Crippen molar-refractivity contribution in [1.29, 1.82) is 0 Å². The van der Waals surface area contributed by atoms with Crippen LogP contribution >= 0.6 is 0 Å². The van der Waals surface area contributed by atoms with Crippen molar-refractivity contribution in [2.45, 2.75) is 103 Å². The number of carbonyl (C=O) groups is 1. The molecule has 2 heterocycles. The normalized spacial score (nSPS) is 18.1. The zero-order chi connectivity index (χ0) is 22.8. The van der Waals surface area contributed by atoms with E-state index < -0.39 is 0 Å². The molecule has 176 valence electrons. The molecule has 0 saturated heterocycles. The average Bonchev–Trinajstić information content (AvgIpc) is 3.40. The minimum absolute atomic E-state index is 0.262. The summed E-state index contributed by atoms with van der Waals surface area (Å²) in [6.45, 7) is 5.23. The van der Waals surface area contributed by atoms with Gasteiger partial charge in [-0.3, -0.25) is 9.48 Å². The number of aryl methyl sites for hydroxylation is 2. The number of fused-ring (bicyclic) bond motifs is 1. The third-order valence-corrected chi connectivity index (χ3v) is 7.60. The van der Waals surface area contributed by atoms with E-state index in [0.29, 0.717) is 18.6 Å². The lowest BCUT2D eigenvalue weighted by Crippen LogP contribution is -2.50. The second-order valence-electron chi connectivity index (χ2n) is 9.88. The zero-order valence-electron chi connectivity index (χ0n) is 20.2. The van der Waals surface area contributed by atoms with Gasteiger partial charge in [0.05, 0.1) is 16.7 Å². The molecule has 2 aliphatic rings. The molecule has 6 nitrogen and oxygen atoms in total. The molecule has 5 rings (SSSR count). The standard InChI is InChI=1S/C27H37N5O/c1-3-31-25(18-20(2)29-31)27-28-23-16-10-11-17-24(23)30(27)19-26(33)32(21-12-6-4-7-13-21)22-14-8-5-9-15-22/h10-11,16-18,21-22H,3-9,12-15,19H2,1-2H3. The lowest BCUT2D eigenvalue weighted by Gasteiger charge is -2.42. The second kappa shape index (κ2) is 9.70. The van der Waals surface area contributed by atoms with Crippen LogP contribution in [0, 0.1) is 6.92 Å². The first-order valence-corrected chi connectivity index (χ1v) is 13.0. The Morgan fingerprint density at radius 2 is 1.64 bits per heavy atom. The van der Waals surface area contributed by atoms with E-state index in [-0.39, 0.29) is 5.91 Å². The molecular formula is C27H37N5O. The average molecular weight is 448 g/mol. The van der Waals surface area contributed by atoms with E-state index in [2.05, 4.69) is 33.6 Å². The number of carbonyl (C=O) groups excluding carboxylic acids is 1. The summed E-state index contributed by atoms with van der Waals surface area (Å²) in [5.74, 6) is 1.11. The molecule has 0 spiro atoms. The highest BCUT2D eigenvalue weighted by atomic mass is 16.2. The Bertz CT molecular complexity index is 1080. The summed E-state index contributed by atoms with van der Waals surface area (Å²) in [7, 11) is 0. The quantitative estimate of drug-likeness (QED) is 0.485. The van der Waals surface area contributed by atoms with E-state index >= 15 is 0 Å². The largest absolute Gasteiger partial charge is 0.335 e. The first kappa shape index (κ1) is 22.2. The van der Waals surface area contributed by atoms with Crippen molar-refractivity contribution < 1.29 is 4.79 Å². The molecule has 0 atom stereocenters. The lowest BCUT2D eigenvalue weighted by atomic mass is 9.88. The van der Waals surface area contributed by atoms with Crippen LogP contribution in [0.15, 0.2) is 30.3 Å². The van der Waals surface area contributed by atoms with Crippen LogP contribution in [0.1, 0.15) is 76.8 Å². The summed E-state index contributed by atoms with van der Waals surface area (Å²) >= 11 is 0. The number of rotatable bonds is 6. The van der Waals surface area contributed by atoms with Gasteiger partial charge in [-0.05, 0) is 57.7 Å². The highest BCUT2D eigenvalue weighted by molar-refractivity contribution is 5.84. The maximum absolute atomic E-state index is 14.1. The van der Waals surface area contributed by atoms with Crippen LogP contribution in [0.3, 0.4) is 0 Å². The number of amides is 1. The number of para-hydroxylation sites is 2. The molecule has 6 heteroatoms. The van der Waals surface area contributed by atoms with Gasteiger partial charge in [0.15, 0.2) is 5.82 Å². The Morgan fingerprint density at radius 3 is 2.27 bits per heavy atom. The summed E-state index contributed by atoms with van der Waals surface area (Å²) in [4.78, 5) is 21.3. The van der Waals surface area contributed by atoms with Gasteiger partial charge in [-0.15, -0.1) is 0 Å². The molecule has 3 aromatic rings. The molecule has 0 unspecified atom stereocenters. The molecular weight excluding hydrogens is 410 g/mol. The van der Waals surface area contributed by atoms with Gasteiger partial charge in [0.1, 0.15) is 12.2 Å². The first-order valence-electron chi connectivity index (χ1n) is 13.0. The van der Waals surface area contributed by atoms with Crippen molar-refractivity contribution in [3.8, 4) is 11.5 Å². The molecule has 2 fully saturated rings. The molecule has 2 aromatic heterocycles. The molecule has 1 amide bonds. The number of aromatic nitrogens is 4. The van der Waals surface area contributed by atoms with Crippen molar-refractivity contribution in [3.63, 3.8) is 0 Å². The van der Waals surface area contributed by atoms with Gasteiger partial charge in [0, 0.05) is 18.6 Å². The van der Waals surface area contributed by atoms with E-state index in [4.69, 9.17) is 4.98 Å². The van der Waals surface area contributed by atoms with Gasteiger partial charge < -0.3 is 9.47 Å². The number of benzene rings is 1. The van der Waals surface area contributed by atoms with Crippen LogP contribution in [-0.4, -0.2) is 42.2 Å². The summed E-state index contributed by atoms with van der Waals surface area (Å²) in [6, 6.07) is 11.1. The highest BCUT2D eigenvalue weighted by Crippen LogP contribution is 2.32. The molecule has 2 aliphatic carbocycles. The smallest absolute Gasteiger partial charge is 0.243 e. The second-order valence-corrected chi connectivity index (χ2v) is 9.88. The molecule has 1 aromatic carbocycles. The van der Waals surface area contributed by atoms with E-state index in [0.717, 1.165) is 60.5 Å². The summed E-state index contributed by atoms with van der Waals surface area (Å²) in [5, 5.41) is 4.65. The van der Waals surface area contributed by atoms with E-state index in [1.807, 2.05) is 29.8 Å². The molecule has 0 N–H and O–H groups in total. The van der Waals surface area contributed by atoms with Crippen molar-refractivity contribution in [1.82, 2.24) is 24.2 Å². The minimum Gasteiger partial charge on any atom is -0.335 e. The molecule has 0 radical (unpaired) electrons. The number of imidazole rings is 1. The molecule has 2 saturated carbocycles. The summed E-state index contributed by atoms with van der Waals surface area (Å²) in [5.41, 5.74) is 3.92. The summed E-state index contributed by atoms with van der Waals surface area (Å²) < 4.78 is 4.14. The fraction of sp³-hybridized carbons (Fsp3) is 0.593. The maximum atomic E-state index is 14.1. The van der Waals surface area contributed by atoms with Gasteiger partial charge >= 0.3 is 0 Å². The van der Waals surface area contributed by atoms with E-state index in [1.165, 1.54) is 38.5 Å². The Kier molecular flexibility index (Phi) is 6.52. The Labute approximate surface area is 197 Å². The van der Waals surface area contributed by atoms with Crippen LogP contribution in [0.4, 0.5) is 0 Å². The Hall–Kier alpha value is -2.63. The predicted octanol–water partition coefficient (Wildman–Crippen LogP) is 5.72. The highest BCUT2D eigenvalue weighted by Gasteiger charge is 2.33. The van der Waals surface area contributed by atoms with Crippen LogP contribution < -0.4 is 0 Å². The van der Waals surface area contributed by atoms with Gasteiger partial charge in [-0.1, -0.05) is 50.7 Å². The number of hydrogen-bond acceptors (Lipinski definition) is 3. The van der Waals surface area contributed by atoms with Crippen molar-refractivity contribution >= 4 is 16.9 Å². The third kappa shape index (κ3) is 4.44. The number of hydrogen-bond donors (Lipinski definition) is 0. The molecule has 0 bridgehead atoms. The minimum atomic E-state index is 0.262. The van der Waals surface area contributed by atoms with Gasteiger partial charge in [0.25, 0.3) is 0 Å². The van der Waals surface area contributed by atoms with Crippen molar-refractivity contribution in [2.75, 3.05) is 0 Å². The summed E-state index contributed by atoms with van der Waals surface area (Å²) in [6.07, 6.45) is 12.2. The van der Waals surface area contributed by atoms with Crippen LogP contribution in [0.25, 0.3) is 22.6 Å². The zero-order valence-corrected chi connectivity index (χ0v) is 20.2. The topological polar surface area (TPSA) is 56.0 Å². The SMILES string of the molecule is CCn1nc(C)cc1-c1nc2ccccc2n1CC(=O)N(C1CCCCC1)C1CCCCC1. The first-order chi connectivity index (χ1) is 16.2. The Morgan fingerprint density at radius 1 is 1.00 bits per heavy atom. The number of nitrogens with zero attached hydrogens (tertiary/aromatic N) is 5. The van der Waals surface area contributed by atoms with E-state index in [9.17, 15) is 4.79 Å². The van der Waals surface area contributed by atoms with Crippen LogP contribution in [-0.2, 0) is 17.9 Å². The van der Waals surface area contributed by atoms with E-state index in [1.54, 1.807) is 0 Å². The Balaban J connectivity index is 1.53. The van der Waals surface area contributed by atoms with Crippen molar-refractivity contribution in [3.05, 3.63) is 36.0 Å². The van der Waals surface area contributed by atoms with Gasteiger partial charge in [-0.25, -0.2) is 4.98 Å². The fourth-order valence-corrected chi connectivity index (χ4v) is 6.04. The lowest BCUT2D eigenvalue weighted by molar-refractivity contribution is -0.138. The molecule has 33 heavy (non-hydrogen) atoms. The molecule has 0 aliphatic heterocycles. The maximum Gasteiger partial charge on any atom is 0.243 e. The predicted molar refractivity (Wildman–Crippen MR) is 132 cm³/mol. The fourth-order valence-electron chi connectivity index (χ4n) is 6.04. The third-order valence-electron chi connectivity index (χ3n) is 7.60. The van der Waals surface area contributed by atoms with Crippen LogP contribution in [0.2, 0.25) is 0 Å². The van der Waals surface area contributed by atoms with Crippen molar-refractivity contribution in [2.24, 2.45) is 0 Å². The van der Waals surface area contributed by atoms with Gasteiger partial charge in [-0.2, -0.15) is 5.10 Å². The monoisotopic (exact) mass is 447 g/mol.